The normalized spacial score (nSPS) is 13.1. The molecule has 3 atom stereocenters. The number of amides is 1. The first-order valence-corrected chi connectivity index (χ1v) is 27.8. The molecule has 0 rings (SSSR count). The first kappa shape index (κ1) is 59.9. The minimum absolute atomic E-state index is 0.0882. The Balaban J connectivity index is 4.46. The van der Waals surface area contributed by atoms with Gasteiger partial charge in [0, 0.05) is 6.42 Å². The Morgan fingerprint density at radius 1 is 0.410 bits per heavy atom. The number of carbonyl (C=O) groups excluding carboxylic acids is 2. The molecule has 0 bridgehead atoms. The highest BCUT2D eigenvalue weighted by molar-refractivity contribution is 5.77. The number of ether oxygens (including phenoxy) is 1. The van der Waals surface area contributed by atoms with E-state index in [4.69, 9.17) is 4.74 Å². The van der Waals surface area contributed by atoms with Crippen molar-refractivity contribution in [2.75, 3.05) is 6.61 Å². The van der Waals surface area contributed by atoms with Gasteiger partial charge in [0.05, 0.1) is 25.2 Å². The van der Waals surface area contributed by atoms with Crippen LogP contribution in [0.3, 0.4) is 0 Å². The highest BCUT2D eigenvalue weighted by atomic mass is 16.5. The Hall–Kier alpha value is -1.14. The molecule has 0 fully saturated rings. The average molecular weight is 864 g/mol. The number of carbonyl (C=O) groups is 2. The van der Waals surface area contributed by atoms with Crippen molar-refractivity contribution < 1.29 is 24.5 Å². The summed E-state index contributed by atoms with van der Waals surface area (Å²) in [6.45, 7) is 6.52. The van der Waals surface area contributed by atoms with E-state index in [-0.39, 0.29) is 24.9 Å². The summed E-state index contributed by atoms with van der Waals surface area (Å²) in [5.41, 5.74) is 0. The Bertz CT molecular complexity index is 882. The lowest BCUT2D eigenvalue weighted by Gasteiger charge is -2.24. The zero-order chi connectivity index (χ0) is 44.5. The maximum absolute atomic E-state index is 13.2. The summed E-state index contributed by atoms with van der Waals surface area (Å²) < 4.78 is 5.95. The first-order valence-electron chi connectivity index (χ1n) is 27.8. The second-order valence-corrected chi connectivity index (χ2v) is 19.4. The molecule has 0 aromatic heterocycles. The number of aliphatic hydroxyl groups excluding tert-OH is 2. The molecule has 6 heteroatoms. The third-order valence-corrected chi connectivity index (χ3v) is 13.2. The molecule has 0 saturated carbocycles. The molecule has 3 N–H and O–H groups in total. The van der Waals surface area contributed by atoms with Gasteiger partial charge < -0.3 is 20.3 Å². The predicted octanol–water partition coefficient (Wildman–Crippen LogP) is 16.7. The molecule has 0 aliphatic heterocycles. The summed E-state index contributed by atoms with van der Waals surface area (Å²) in [4.78, 5) is 26.2. The van der Waals surface area contributed by atoms with Gasteiger partial charge in [-0.15, -0.1) is 0 Å². The van der Waals surface area contributed by atoms with E-state index in [1.165, 1.54) is 225 Å². The molecule has 0 aromatic carbocycles. The standard InChI is InChI=1S/C55H109NO5/c1-4-7-10-13-16-19-22-25-27-28-30-32-35-38-41-44-47-53(58)52(50-57)56-54(59)49-51(46-43-40-37-34-31-29-26-23-20-17-14-11-8-5-2)61-55(60)48-45-42-39-36-33-24-21-18-15-12-9-6-3/h51-53,57-58H,4-50H2,1-3H3,(H,56,59). The van der Waals surface area contributed by atoms with Crippen LogP contribution in [-0.4, -0.2) is 46.9 Å². The van der Waals surface area contributed by atoms with Crippen LogP contribution in [0, 0.1) is 0 Å². The van der Waals surface area contributed by atoms with Gasteiger partial charge in [0.25, 0.3) is 0 Å². The van der Waals surface area contributed by atoms with Gasteiger partial charge in [0.15, 0.2) is 0 Å². The molecule has 0 aliphatic carbocycles. The van der Waals surface area contributed by atoms with E-state index in [0.29, 0.717) is 19.3 Å². The van der Waals surface area contributed by atoms with Gasteiger partial charge in [0.2, 0.25) is 5.91 Å². The zero-order valence-electron chi connectivity index (χ0n) is 41.6. The molecule has 6 nitrogen and oxygen atoms in total. The van der Waals surface area contributed by atoms with E-state index in [1.54, 1.807) is 0 Å². The Morgan fingerprint density at radius 3 is 1.00 bits per heavy atom. The first-order chi connectivity index (χ1) is 30.0. The number of aliphatic hydroxyl groups is 2. The maximum atomic E-state index is 13.2. The lowest BCUT2D eigenvalue weighted by molar-refractivity contribution is -0.151. The second-order valence-electron chi connectivity index (χ2n) is 19.4. The molecule has 61 heavy (non-hydrogen) atoms. The van der Waals surface area contributed by atoms with Crippen LogP contribution in [0.5, 0.6) is 0 Å². The van der Waals surface area contributed by atoms with Crippen molar-refractivity contribution in [1.82, 2.24) is 5.32 Å². The maximum Gasteiger partial charge on any atom is 0.306 e. The molecule has 0 heterocycles. The quantitative estimate of drug-likeness (QED) is 0.0418. The molecular formula is C55H109NO5. The minimum atomic E-state index is -0.779. The summed E-state index contributed by atoms with van der Waals surface area (Å²) in [7, 11) is 0. The van der Waals surface area contributed by atoms with Gasteiger partial charge in [-0.2, -0.15) is 0 Å². The fourth-order valence-corrected chi connectivity index (χ4v) is 8.96. The molecule has 1 amide bonds. The van der Waals surface area contributed by atoms with Gasteiger partial charge in [0.1, 0.15) is 6.10 Å². The molecule has 0 spiro atoms. The van der Waals surface area contributed by atoms with Crippen LogP contribution < -0.4 is 5.32 Å². The summed E-state index contributed by atoms with van der Waals surface area (Å²) in [6.07, 6.45) is 54.5. The molecule has 0 saturated heterocycles. The van der Waals surface area contributed by atoms with Gasteiger partial charge in [-0.25, -0.2) is 0 Å². The van der Waals surface area contributed by atoms with Crippen molar-refractivity contribution in [2.24, 2.45) is 0 Å². The van der Waals surface area contributed by atoms with Gasteiger partial charge in [-0.3, -0.25) is 9.59 Å². The molecular weight excluding hydrogens is 755 g/mol. The van der Waals surface area contributed by atoms with E-state index >= 15 is 0 Å². The van der Waals surface area contributed by atoms with Crippen LogP contribution in [0.1, 0.15) is 316 Å². The summed E-state index contributed by atoms with van der Waals surface area (Å²) in [6, 6.07) is -0.692. The Labute approximate surface area is 381 Å². The lowest BCUT2D eigenvalue weighted by atomic mass is 10.0. The number of rotatable bonds is 51. The minimum Gasteiger partial charge on any atom is -0.462 e. The molecule has 364 valence electrons. The van der Waals surface area contributed by atoms with Crippen LogP contribution >= 0.6 is 0 Å². The highest BCUT2D eigenvalue weighted by Gasteiger charge is 2.24. The summed E-state index contributed by atoms with van der Waals surface area (Å²) in [5.74, 6) is -0.448. The van der Waals surface area contributed by atoms with Gasteiger partial charge in [-0.1, -0.05) is 278 Å². The molecule has 0 aliphatic rings. The summed E-state index contributed by atoms with van der Waals surface area (Å²) >= 11 is 0. The number of hydrogen-bond acceptors (Lipinski definition) is 5. The number of unbranched alkanes of at least 4 members (excludes halogenated alkanes) is 39. The average Bonchev–Trinajstić information content (AvgIpc) is 3.25. The van der Waals surface area contributed by atoms with Crippen LogP contribution in [0.25, 0.3) is 0 Å². The van der Waals surface area contributed by atoms with Crippen LogP contribution in [0.15, 0.2) is 0 Å². The molecule has 3 unspecified atom stereocenters. The lowest BCUT2D eigenvalue weighted by Crippen LogP contribution is -2.46. The van der Waals surface area contributed by atoms with Gasteiger partial charge in [-0.05, 0) is 25.7 Å². The monoisotopic (exact) mass is 864 g/mol. The zero-order valence-corrected chi connectivity index (χ0v) is 41.6. The van der Waals surface area contributed by atoms with Crippen molar-refractivity contribution >= 4 is 11.9 Å². The predicted molar refractivity (Wildman–Crippen MR) is 264 cm³/mol. The third-order valence-electron chi connectivity index (χ3n) is 13.2. The topological polar surface area (TPSA) is 95.9 Å². The second kappa shape index (κ2) is 49.9. The van der Waals surface area contributed by atoms with Crippen molar-refractivity contribution in [3.8, 4) is 0 Å². The van der Waals surface area contributed by atoms with Crippen molar-refractivity contribution in [3.05, 3.63) is 0 Å². The molecule has 0 radical (unpaired) electrons. The number of esters is 1. The van der Waals surface area contributed by atoms with E-state index in [9.17, 15) is 19.8 Å². The van der Waals surface area contributed by atoms with E-state index in [0.717, 1.165) is 44.9 Å². The fraction of sp³-hybridized carbons (Fsp3) is 0.964. The van der Waals surface area contributed by atoms with Crippen molar-refractivity contribution in [1.29, 1.82) is 0 Å². The highest BCUT2D eigenvalue weighted by Crippen LogP contribution is 2.19. The smallest absolute Gasteiger partial charge is 0.306 e. The molecule has 0 aromatic rings. The Kier molecular flexibility index (Phi) is 48.9. The largest absolute Gasteiger partial charge is 0.462 e. The van der Waals surface area contributed by atoms with E-state index in [1.807, 2.05) is 0 Å². The fourth-order valence-electron chi connectivity index (χ4n) is 8.96. The van der Waals surface area contributed by atoms with E-state index in [2.05, 4.69) is 26.1 Å². The van der Waals surface area contributed by atoms with Crippen molar-refractivity contribution in [3.63, 3.8) is 0 Å². The number of hydrogen-bond donors (Lipinski definition) is 3. The van der Waals surface area contributed by atoms with Crippen molar-refractivity contribution in [2.45, 2.75) is 334 Å². The van der Waals surface area contributed by atoms with Crippen LogP contribution in [0.2, 0.25) is 0 Å². The SMILES string of the molecule is CCCCCCCCCCCCCCCCCCC(O)C(CO)NC(=O)CC(CCCCCCCCCCCCCCCC)OC(=O)CCCCCCCCCCCCCC. The van der Waals surface area contributed by atoms with Gasteiger partial charge >= 0.3 is 5.97 Å². The van der Waals surface area contributed by atoms with Crippen LogP contribution in [0.4, 0.5) is 0 Å². The number of nitrogens with one attached hydrogen (secondary N) is 1. The van der Waals surface area contributed by atoms with Crippen LogP contribution in [-0.2, 0) is 14.3 Å². The Morgan fingerprint density at radius 2 is 0.689 bits per heavy atom. The van der Waals surface area contributed by atoms with E-state index < -0.39 is 18.2 Å². The third kappa shape index (κ3) is 45.2. The summed E-state index contributed by atoms with van der Waals surface area (Å²) in [5, 5.41) is 23.9.